The fraction of sp³-hybridized carbons (Fsp3) is 0.0323. The molecular formula is C31H19NO. The first-order valence-electron chi connectivity index (χ1n) is 11.4. The van der Waals surface area contributed by atoms with Crippen molar-refractivity contribution in [3.05, 3.63) is 131 Å². The van der Waals surface area contributed by atoms with E-state index in [9.17, 15) is 0 Å². The molecule has 2 heteroatoms. The molecule has 0 radical (unpaired) electrons. The number of rotatable bonds is 0. The zero-order chi connectivity index (χ0) is 21.6. The van der Waals surface area contributed by atoms with E-state index in [0.29, 0.717) is 0 Å². The normalized spacial score (nSPS) is 14.5. The third-order valence-electron chi connectivity index (χ3n) is 7.48. The molecule has 2 heterocycles. The van der Waals surface area contributed by atoms with Gasteiger partial charge in [0.2, 0.25) is 0 Å². The Balaban J connectivity index is 1.62. The molecule has 0 unspecified atom stereocenters. The first kappa shape index (κ1) is 17.3. The van der Waals surface area contributed by atoms with Crippen molar-refractivity contribution in [2.24, 2.45) is 0 Å². The van der Waals surface area contributed by atoms with Gasteiger partial charge in [0.1, 0.15) is 11.5 Å². The third-order valence-corrected chi connectivity index (χ3v) is 7.48. The first-order chi connectivity index (χ1) is 16.4. The zero-order valence-electron chi connectivity index (χ0n) is 17.8. The number of nitrogens with one attached hydrogen (secondary N) is 1. The minimum Gasteiger partial charge on any atom is -0.456 e. The molecule has 154 valence electrons. The Labute approximate surface area is 191 Å². The molecule has 0 atom stereocenters. The number of benzene rings is 5. The average molecular weight is 421 g/mol. The maximum atomic E-state index is 6.75. The van der Waals surface area contributed by atoms with Gasteiger partial charge < -0.3 is 9.72 Å². The second-order valence-electron chi connectivity index (χ2n) is 8.97. The number of ether oxygens (including phenoxy) is 1. The number of aromatic amines is 1. The highest BCUT2D eigenvalue weighted by atomic mass is 16.5. The maximum absolute atomic E-state index is 6.75. The predicted molar refractivity (Wildman–Crippen MR) is 133 cm³/mol. The van der Waals surface area contributed by atoms with Gasteiger partial charge in [0, 0.05) is 22.0 Å². The Morgan fingerprint density at radius 3 is 1.94 bits per heavy atom. The Hall–Kier alpha value is -4.30. The van der Waals surface area contributed by atoms with Crippen LogP contribution in [-0.2, 0) is 5.41 Å². The minimum atomic E-state index is -0.413. The number of fused-ring (bicyclic) bond motifs is 13. The van der Waals surface area contributed by atoms with Crippen LogP contribution < -0.4 is 4.74 Å². The maximum Gasteiger partial charge on any atom is 0.142 e. The fourth-order valence-electron chi connectivity index (χ4n) is 6.25. The van der Waals surface area contributed by atoms with Crippen LogP contribution in [0.25, 0.3) is 32.9 Å². The van der Waals surface area contributed by atoms with Crippen LogP contribution in [0.15, 0.2) is 109 Å². The topological polar surface area (TPSA) is 25.0 Å². The Bertz CT molecular complexity index is 1710. The molecule has 1 spiro atoms. The van der Waals surface area contributed by atoms with E-state index in [0.717, 1.165) is 27.9 Å². The summed E-state index contributed by atoms with van der Waals surface area (Å²) in [4.78, 5) is 3.59. The van der Waals surface area contributed by atoms with Crippen LogP contribution in [0.1, 0.15) is 22.3 Å². The molecule has 0 saturated heterocycles. The van der Waals surface area contributed by atoms with Gasteiger partial charge >= 0.3 is 0 Å². The predicted octanol–water partition coefficient (Wildman–Crippen LogP) is 7.79. The summed E-state index contributed by atoms with van der Waals surface area (Å²) in [5.74, 6) is 1.88. The lowest BCUT2D eigenvalue weighted by Crippen LogP contribution is -2.32. The van der Waals surface area contributed by atoms with E-state index in [1.54, 1.807) is 0 Å². The number of hydrogen-bond donors (Lipinski definition) is 1. The summed E-state index contributed by atoms with van der Waals surface area (Å²) in [5, 5.41) is 2.34. The molecular weight excluding hydrogens is 402 g/mol. The van der Waals surface area contributed by atoms with E-state index in [2.05, 4.69) is 114 Å². The average Bonchev–Trinajstić information content (AvgIpc) is 3.39. The van der Waals surface area contributed by atoms with Gasteiger partial charge in [0.15, 0.2) is 0 Å². The summed E-state index contributed by atoms with van der Waals surface area (Å²) in [6.07, 6.45) is 0. The van der Waals surface area contributed by atoms with Crippen molar-refractivity contribution in [3.8, 4) is 22.6 Å². The van der Waals surface area contributed by atoms with Gasteiger partial charge in [-0.15, -0.1) is 0 Å². The Morgan fingerprint density at radius 1 is 0.515 bits per heavy atom. The SMILES string of the molecule is c1ccc2c(c1)Oc1c(ccc3[nH]c4ccccc4c13)C21c2ccccc2-c2ccccc21. The van der Waals surface area contributed by atoms with E-state index < -0.39 is 5.41 Å². The second-order valence-corrected chi connectivity index (χ2v) is 8.97. The minimum absolute atomic E-state index is 0.413. The van der Waals surface area contributed by atoms with Crippen LogP contribution in [0.5, 0.6) is 11.5 Å². The van der Waals surface area contributed by atoms with E-state index >= 15 is 0 Å². The van der Waals surface area contributed by atoms with Crippen molar-refractivity contribution in [1.29, 1.82) is 0 Å². The van der Waals surface area contributed by atoms with Crippen LogP contribution >= 0.6 is 0 Å². The van der Waals surface area contributed by atoms with Crippen molar-refractivity contribution in [3.63, 3.8) is 0 Å². The molecule has 1 aromatic heterocycles. The number of H-pyrrole nitrogens is 1. The van der Waals surface area contributed by atoms with Crippen molar-refractivity contribution >= 4 is 21.8 Å². The summed E-state index contributed by atoms with van der Waals surface area (Å²) >= 11 is 0. The third kappa shape index (κ3) is 1.96. The monoisotopic (exact) mass is 421 g/mol. The van der Waals surface area contributed by atoms with Gasteiger partial charge in [-0.1, -0.05) is 91.0 Å². The number of hydrogen-bond acceptors (Lipinski definition) is 1. The van der Waals surface area contributed by atoms with Crippen LogP contribution in [-0.4, -0.2) is 4.98 Å². The van der Waals surface area contributed by atoms with Gasteiger partial charge in [-0.3, -0.25) is 0 Å². The van der Waals surface area contributed by atoms with Crippen LogP contribution in [0.4, 0.5) is 0 Å². The van der Waals surface area contributed by atoms with Crippen molar-refractivity contribution in [2.75, 3.05) is 0 Å². The largest absolute Gasteiger partial charge is 0.456 e. The molecule has 1 N–H and O–H groups in total. The smallest absolute Gasteiger partial charge is 0.142 e. The Morgan fingerprint density at radius 2 is 1.15 bits per heavy atom. The quantitative estimate of drug-likeness (QED) is 0.266. The van der Waals surface area contributed by atoms with Crippen LogP contribution in [0.3, 0.4) is 0 Å². The summed E-state index contributed by atoms with van der Waals surface area (Å²) in [6.45, 7) is 0. The van der Waals surface area contributed by atoms with Crippen LogP contribution in [0.2, 0.25) is 0 Å². The van der Waals surface area contributed by atoms with E-state index in [1.165, 1.54) is 38.8 Å². The molecule has 1 aliphatic carbocycles. The molecule has 2 nitrogen and oxygen atoms in total. The highest BCUT2D eigenvalue weighted by molar-refractivity contribution is 6.12. The molecule has 0 bridgehead atoms. The zero-order valence-corrected chi connectivity index (χ0v) is 17.8. The molecule has 0 amide bonds. The second kappa shape index (κ2) is 5.93. The van der Waals surface area contributed by atoms with Gasteiger partial charge in [-0.25, -0.2) is 0 Å². The van der Waals surface area contributed by atoms with Gasteiger partial charge in [0.05, 0.1) is 16.3 Å². The van der Waals surface area contributed by atoms with Crippen molar-refractivity contribution in [1.82, 2.24) is 4.98 Å². The standard InChI is InChI=1S/C31H19NO/c1-4-12-22-19(9-1)20-10-2-5-13-23(20)31(22)24-14-6-8-16-28(24)33-30-25(31)17-18-27-29(30)21-11-3-7-15-26(21)32-27/h1-18,32H. The molecule has 8 rings (SSSR count). The molecule has 6 aromatic rings. The first-order valence-corrected chi connectivity index (χ1v) is 11.4. The molecule has 0 fully saturated rings. The highest BCUT2D eigenvalue weighted by Gasteiger charge is 2.51. The van der Waals surface area contributed by atoms with E-state index in [1.807, 2.05) is 0 Å². The lowest BCUT2D eigenvalue weighted by Gasteiger charge is -2.39. The molecule has 5 aromatic carbocycles. The number of aromatic nitrogens is 1. The van der Waals surface area contributed by atoms with Gasteiger partial charge in [0.25, 0.3) is 0 Å². The summed E-state index contributed by atoms with van der Waals surface area (Å²) in [5.41, 5.74) is 9.47. The molecule has 2 aliphatic rings. The van der Waals surface area contributed by atoms with Crippen molar-refractivity contribution in [2.45, 2.75) is 5.41 Å². The summed E-state index contributed by atoms with van der Waals surface area (Å²) in [6, 6.07) is 39.2. The Kier molecular flexibility index (Phi) is 3.11. The van der Waals surface area contributed by atoms with Gasteiger partial charge in [-0.2, -0.15) is 0 Å². The van der Waals surface area contributed by atoms with Crippen molar-refractivity contribution < 1.29 is 4.74 Å². The highest BCUT2D eigenvalue weighted by Crippen LogP contribution is 2.63. The van der Waals surface area contributed by atoms with Crippen LogP contribution in [0, 0.1) is 0 Å². The lowest BCUT2D eigenvalue weighted by molar-refractivity contribution is 0.442. The fourth-order valence-corrected chi connectivity index (χ4v) is 6.25. The molecule has 0 saturated carbocycles. The number of para-hydroxylation sites is 2. The van der Waals surface area contributed by atoms with E-state index in [4.69, 9.17) is 4.74 Å². The molecule has 33 heavy (non-hydrogen) atoms. The summed E-state index contributed by atoms with van der Waals surface area (Å²) < 4.78 is 6.75. The lowest BCUT2D eigenvalue weighted by atomic mass is 9.66. The summed E-state index contributed by atoms with van der Waals surface area (Å²) in [7, 11) is 0. The van der Waals surface area contributed by atoms with Gasteiger partial charge in [-0.05, 0) is 40.5 Å². The van der Waals surface area contributed by atoms with E-state index in [-0.39, 0.29) is 0 Å². The molecule has 1 aliphatic heterocycles.